The Bertz CT molecular complexity index is 218. The zero-order valence-corrected chi connectivity index (χ0v) is 8.05. The highest BCUT2D eigenvalue weighted by molar-refractivity contribution is 7.09. The summed E-state index contributed by atoms with van der Waals surface area (Å²) in [5.41, 5.74) is 0. The Kier molecular flexibility index (Phi) is 4.52. The van der Waals surface area contributed by atoms with E-state index in [0.717, 1.165) is 18.0 Å². The molecule has 0 unspecified atom stereocenters. The second-order valence-electron chi connectivity index (χ2n) is 2.52. The Hall–Kier alpha value is -0.770. The molecular weight excluding hydrogens is 170 g/mol. The van der Waals surface area contributed by atoms with E-state index in [2.05, 4.69) is 21.5 Å². The van der Waals surface area contributed by atoms with Crippen molar-refractivity contribution >= 4 is 16.5 Å². The summed E-state index contributed by atoms with van der Waals surface area (Å²) in [6.07, 6.45) is 5.35. The summed E-state index contributed by atoms with van der Waals surface area (Å²) < 4.78 is 3.93. The predicted molar refractivity (Wildman–Crippen MR) is 51.0 cm³/mol. The van der Waals surface area contributed by atoms with Crippen molar-refractivity contribution in [2.45, 2.75) is 26.2 Å². The SMILES string of the molecule is CCCCCN=Nc1ccns1. The Morgan fingerprint density at radius 2 is 2.42 bits per heavy atom. The van der Waals surface area contributed by atoms with Crippen molar-refractivity contribution < 1.29 is 0 Å². The van der Waals surface area contributed by atoms with Crippen LogP contribution in [0.5, 0.6) is 0 Å². The third kappa shape index (κ3) is 3.57. The Morgan fingerprint density at radius 1 is 1.50 bits per heavy atom. The van der Waals surface area contributed by atoms with Gasteiger partial charge >= 0.3 is 0 Å². The quantitative estimate of drug-likeness (QED) is 0.509. The molecular formula is C8H13N3S. The molecule has 0 aliphatic carbocycles. The molecule has 0 radical (unpaired) electrons. The molecule has 0 saturated heterocycles. The van der Waals surface area contributed by atoms with Gasteiger partial charge in [0, 0.05) is 6.20 Å². The van der Waals surface area contributed by atoms with Crippen molar-refractivity contribution in [3.05, 3.63) is 12.3 Å². The molecule has 0 aromatic carbocycles. The Morgan fingerprint density at radius 3 is 3.08 bits per heavy atom. The summed E-state index contributed by atoms with van der Waals surface area (Å²) >= 11 is 1.38. The molecule has 0 amide bonds. The molecule has 4 heteroatoms. The molecule has 0 atom stereocenters. The third-order valence-electron chi connectivity index (χ3n) is 1.46. The highest BCUT2D eigenvalue weighted by Gasteiger charge is 1.88. The molecule has 0 bridgehead atoms. The summed E-state index contributed by atoms with van der Waals surface area (Å²) in [6, 6.07) is 1.87. The first-order chi connectivity index (χ1) is 5.93. The van der Waals surface area contributed by atoms with Crippen molar-refractivity contribution in [1.29, 1.82) is 0 Å². The van der Waals surface area contributed by atoms with Crippen molar-refractivity contribution in [3.8, 4) is 0 Å². The molecule has 1 rings (SSSR count). The van der Waals surface area contributed by atoms with Crippen LogP contribution in [-0.4, -0.2) is 10.9 Å². The topological polar surface area (TPSA) is 37.6 Å². The average molecular weight is 183 g/mol. The molecule has 3 nitrogen and oxygen atoms in total. The fourth-order valence-electron chi connectivity index (χ4n) is 0.813. The Balaban J connectivity index is 2.14. The van der Waals surface area contributed by atoms with Crippen molar-refractivity contribution in [1.82, 2.24) is 4.37 Å². The maximum atomic E-state index is 4.05. The van der Waals surface area contributed by atoms with Crippen LogP contribution in [0.1, 0.15) is 26.2 Å². The van der Waals surface area contributed by atoms with Gasteiger partial charge in [0.25, 0.3) is 0 Å². The summed E-state index contributed by atoms with van der Waals surface area (Å²) in [5, 5.41) is 8.96. The molecule has 0 N–H and O–H groups in total. The van der Waals surface area contributed by atoms with E-state index < -0.39 is 0 Å². The minimum Gasteiger partial charge on any atom is -0.199 e. The van der Waals surface area contributed by atoms with E-state index in [4.69, 9.17) is 0 Å². The lowest BCUT2D eigenvalue weighted by Crippen LogP contribution is -1.77. The molecule has 0 saturated carbocycles. The normalized spacial score (nSPS) is 11.1. The first kappa shape index (κ1) is 9.32. The van der Waals surface area contributed by atoms with E-state index in [1.54, 1.807) is 6.20 Å². The van der Waals surface area contributed by atoms with Gasteiger partial charge in [-0.25, -0.2) is 0 Å². The number of nitrogens with zero attached hydrogens (tertiary/aromatic N) is 3. The molecule has 1 heterocycles. The average Bonchev–Trinajstić information content (AvgIpc) is 2.57. The largest absolute Gasteiger partial charge is 0.199 e. The number of unbranched alkanes of at least 4 members (excludes halogenated alkanes) is 2. The van der Waals surface area contributed by atoms with Crippen LogP contribution in [0.15, 0.2) is 22.5 Å². The van der Waals surface area contributed by atoms with E-state index in [0.29, 0.717) is 0 Å². The van der Waals surface area contributed by atoms with Crippen LogP contribution in [0.4, 0.5) is 5.00 Å². The number of azo groups is 1. The first-order valence-electron chi connectivity index (χ1n) is 4.21. The lowest BCUT2D eigenvalue weighted by molar-refractivity contribution is 0.713. The smallest absolute Gasteiger partial charge is 0.158 e. The van der Waals surface area contributed by atoms with Gasteiger partial charge in [-0.2, -0.15) is 9.49 Å². The van der Waals surface area contributed by atoms with E-state index in [1.165, 1.54) is 24.4 Å². The second-order valence-corrected chi connectivity index (χ2v) is 3.33. The van der Waals surface area contributed by atoms with Gasteiger partial charge in [0.15, 0.2) is 5.00 Å². The van der Waals surface area contributed by atoms with Crippen molar-refractivity contribution in [2.75, 3.05) is 6.54 Å². The van der Waals surface area contributed by atoms with Gasteiger partial charge in [0.1, 0.15) is 0 Å². The van der Waals surface area contributed by atoms with E-state index in [-0.39, 0.29) is 0 Å². The molecule has 12 heavy (non-hydrogen) atoms. The van der Waals surface area contributed by atoms with Crippen LogP contribution >= 0.6 is 11.5 Å². The van der Waals surface area contributed by atoms with Crippen LogP contribution in [0.25, 0.3) is 0 Å². The van der Waals surface area contributed by atoms with Gasteiger partial charge in [-0.1, -0.05) is 19.8 Å². The van der Waals surface area contributed by atoms with E-state index >= 15 is 0 Å². The monoisotopic (exact) mass is 183 g/mol. The minimum absolute atomic E-state index is 0.839. The van der Waals surface area contributed by atoms with Gasteiger partial charge in [0.2, 0.25) is 0 Å². The third-order valence-corrected chi connectivity index (χ3v) is 2.09. The van der Waals surface area contributed by atoms with E-state index in [1.807, 2.05) is 6.07 Å². The maximum absolute atomic E-state index is 4.05. The molecule has 0 fully saturated rings. The van der Waals surface area contributed by atoms with Gasteiger partial charge in [-0.05, 0) is 24.0 Å². The maximum Gasteiger partial charge on any atom is 0.158 e. The van der Waals surface area contributed by atoms with Gasteiger partial charge in [-0.3, -0.25) is 0 Å². The standard InChI is InChI=1S/C8H13N3S/c1-2-3-4-6-9-11-8-5-7-10-12-8/h5,7H,2-4,6H2,1H3. The lowest BCUT2D eigenvalue weighted by atomic mass is 10.3. The zero-order valence-electron chi connectivity index (χ0n) is 7.23. The molecule has 1 aromatic heterocycles. The fourth-order valence-corrected chi connectivity index (χ4v) is 1.26. The minimum atomic E-state index is 0.839. The number of hydrogen-bond acceptors (Lipinski definition) is 4. The first-order valence-corrected chi connectivity index (χ1v) is 4.99. The van der Waals surface area contributed by atoms with Gasteiger partial charge < -0.3 is 0 Å². The Labute approximate surface area is 76.7 Å². The van der Waals surface area contributed by atoms with Crippen LogP contribution in [0, 0.1) is 0 Å². The predicted octanol–water partition coefficient (Wildman–Crippen LogP) is 3.42. The summed E-state index contributed by atoms with van der Waals surface area (Å²) in [4.78, 5) is 0. The lowest BCUT2D eigenvalue weighted by Gasteiger charge is -1.89. The summed E-state index contributed by atoms with van der Waals surface area (Å²) in [5.74, 6) is 0. The molecule has 0 spiro atoms. The highest BCUT2D eigenvalue weighted by atomic mass is 32.1. The second kappa shape index (κ2) is 5.83. The molecule has 0 aliphatic heterocycles. The van der Waals surface area contributed by atoms with Crippen LogP contribution < -0.4 is 0 Å². The van der Waals surface area contributed by atoms with Crippen LogP contribution in [-0.2, 0) is 0 Å². The van der Waals surface area contributed by atoms with Gasteiger partial charge in [-0.15, -0.1) is 5.11 Å². The van der Waals surface area contributed by atoms with Crippen molar-refractivity contribution in [3.63, 3.8) is 0 Å². The molecule has 0 aliphatic rings. The highest BCUT2D eigenvalue weighted by Crippen LogP contribution is 2.16. The summed E-state index contributed by atoms with van der Waals surface area (Å²) in [6.45, 7) is 3.02. The fraction of sp³-hybridized carbons (Fsp3) is 0.625. The van der Waals surface area contributed by atoms with Crippen LogP contribution in [0.2, 0.25) is 0 Å². The number of aromatic nitrogens is 1. The van der Waals surface area contributed by atoms with Crippen molar-refractivity contribution in [2.24, 2.45) is 10.2 Å². The van der Waals surface area contributed by atoms with Gasteiger partial charge in [0.05, 0.1) is 6.54 Å². The number of rotatable bonds is 5. The van der Waals surface area contributed by atoms with E-state index in [9.17, 15) is 0 Å². The summed E-state index contributed by atoms with van der Waals surface area (Å²) in [7, 11) is 0. The zero-order chi connectivity index (χ0) is 8.65. The number of hydrogen-bond donors (Lipinski definition) is 0. The molecule has 1 aromatic rings. The molecule has 66 valence electrons. The van der Waals surface area contributed by atoms with Crippen LogP contribution in [0.3, 0.4) is 0 Å².